The van der Waals surface area contributed by atoms with E-state index in [0.717, 1.165) is 0 Å². The van der Waals surface area contributed by atoms with Gasteiger partial charge in [0.15, 0.2) is 11.6 Å². The number of hydrogen-bond acceptors (Lipinski definition) is 12. The zero-order valence-corrected chi connectivity index (χ0v) is 20.5. The smallest absolute Gasteiger partial charge is 0.333 e. The first-order valence-electron chi connectivity index (χ1n) is 11.5. The van der Waals surface area contributed by atoms with Crippen LogP contribution in [0.25, 0.3) is 0 Å². The highest BCUT2D eigenvalue weighted by Gasteiger charge is 2.36. The van der Waals surface area contributed by atoms with Crippen molar-refractivity contribution in [2.75, 3.05) is 52.9 Å². The third-order valence-electron chi connectivity index (χ3n) is 4.83. The minimum absolute atomic E-state index is 0.0280. The van der Waals surface area contributed by atoms with Gasteiger partial charge in [-0.1, -0.05) is 0 Å². The van der Waals surface area contributed by atoms with Crippen LogP contribution in [0.4, 0.5) is 0 Å². The molecule has 16 nitrogen and oxygen atoms in total. The average molecular weight is 549 g/mol. The van der Waals surface area contributed by atoms with E-state index in [1.807, 2.05) is 0 Å². The van der Waals surface area contributed by atoms with Gasteiger partial charge >= 0.3 is 23.9 Å². The van der Waals surface area contributed by atoms with Crippen molar-refractivity contribution in [1.82, 2.24) is 5.32 Å². The Labute approximate surface area is 216 Å². The SMILES string of the molecule is O=C(O)CCOCC(COCCC(=O)O)(COCCC(=O)O)NC(=O)COCC(=O)OC1C(=O)CCC1=O. The van der Waals surface area contributed by atoms with Gasteiger partial charge in [-0.15, -0.1) is 0 Å². The summed E-state index contributed by atoms with van der Waals surface area (Å²) >= 11 is 0. The summed E-state index contributed by atoms with van der Waals surface area (Å²) in [5.41, 5.74) is -1.51. The fourth-order valence-electron chi connectivity index (χ4n) is 3.06. The molecule has 0 radical (unpaired) electrons. The molecule has 0 unspecified atom stereocenters. The van der Waals surface area contributed by atoms with E-state index in [4.69, 9.17) is 39.0 Å². The monoisotopic (exact) mass is 549 g/mol. The first-order chi connectivity index (χ1) is 17.9. The van der Waals surface area contributed by atoms with Crippen molar-refractivity contribution in [3.63, 3.8) is 0 Å². The van der Waals surface area contributed by atoms with Crippen molar-refractivity contribution in [1.29, 1.82) is 0 Å². The molecule has 1 rings (SSSR count). The molecule has 214 valence electrons. The Kier molecular flexibility index (Phi) is 14.7. The predicted octanol–water partition coefficient (Wildman–Crippen LogP) is -1.82. The second kappa shape index (κ2) is 17.1. The Morgan fingerprint density at radius 1 is 0.711 bits per heavy atom. The van der Waals surface area contributed by atoms with Crippen molar-refractivity contribution in [2.24, 2.45) is 0 Å². The first-order valence-corrected chi connectivity index (χ1v) is 11.5. The highest BCUT2D eigenvalue weighted by Crippen LogP contribution is 2.14. The average Bonchev–Trinajstić information content (AvgIpc) is 3.14. The molecular formula is C22H31NO15. The predicted molar refractivity (Wildman–Crippen MR) is 120 cm³/mol. The second-order valence-electron chi connectivity index (χ2n) is 8.21. The Morgan fingerprint density at radius 2 is 1.13 bits per heavy atom. The molecule has 0 atom stereocenters. The topological polar surface area (TPSA) is 238 Å². The normalized spacial score (nSPS) is 13.9. The maximum absolute atomic E-state index is 12.6. The molecule has 1 aliphatic rings. The highest BCUT2D eigenvalue weighted by molar-refractivity contribution is 6.12. The van der Waals surface area contributed by atoms with Crippen LogP contribution in [0.2, 0.25) is 0 Å². The Morgan fingerprint density at radius 3 is 1.53 bits per heavy atom. The van der Waals surface area contributed by atoms with Gasteiger partial charge in [0.25, 0.3) is 0 Å². The third-order valence-corrected chi connectivity index (χ3v) is 4.83. The molecule has 1 amide bonds. The summed E-state index contributed by atoms with van der Waals surface area (Å²) in [4.78, 5) is 79.8. The van der Waals surface area contributed by atoms with Crippen LogP contribution < -0.4 is 5.32 Å². The molecule has 0 spiro atoms. The van der Waals surface area contributed by atoms with Crippen LogP contribution in [0.15, 0.2) is 0 Å². The second-order valence-corrected chi connectivity index (χ2v) is 8.21. The molecule has 0 bridgehead atoms. The van der Waals surface area contributed by atoms with Gasteiger partial charge in [0, 0.05) is 12.8 Å². The number of carboxylic acid groups (broad SMARTS) is 3. The Hall–Kier alpha value is -3.47. The molecule has 1 saturated carbocycles. The molecule has 0 aliphatic heterocycles. The summed E-state index contributed by atoms with van der Waals surface area (Å²) in [7, 11) is 0. The number of nitrogens with one attached hydrogen (secondary N) is 1. The summed E-state index contributed by atoms with van der Waals surface area (Å²) in [6, 6.07) is 0. The zero-order valence-electron chi connectivity index (χ0n) is 20.5. The van der Waals surface area contributed by atoms with Crippen molar-refractivity contribution >= 4 is 41.4 Å². The van der Waals surface area contributed by atoms with E-state index in [0.29, 0.717) is 0 Å². The lowest BCUT2D eigenvalue weighted by molar-refractivity contribution is -0.162. The van der Waals surface area contributed by atoms with Gasteiger partial charge in [-0.2, -0.15) is 0 Å². The number of carboxylic acids is 3. The summed E-state index contributed by atoms with van der Waals surface area (Å²) in [5, 5.41) is 28.9. The minimum atomic E-state index is -1.51. The lowest BCUT2D eigenvalue weighted by atomic mass is 10.0. The number of hydrogen-bond donors (Lipinski definition) is 4. The summed E-state index contributed by atoms with van der Waals surface area (Å²) in [6.45, 7) is -3.30. The van der Waals surface area contributed by atoms with Crippen LogP contribution in [0.3, 0.4) is 0 Å². The molecule has 0 aromatic heterocycles. The maximum atomic E-state index is 12.6. The van der Waals surface area contributed by atoms with E-state index in [1.54, 1.807) is 0 Å². The zero-order chi connectivity index (χ0) is 28.6. The molecule has 0 aromatic rings. The summed E-state index contributed by atoms with van der Waals surface area (Å²) < 4.78 is 25.8. The van der Waals surface area contributed by atoms with Crippen molar-refractivity contribution in [3.05, 3.63) is 0 Å². The minimum Gasteiger partial charge on any atom is -0.481 e. The number of amides is 1. The van der Waals surface area contributed by atoms with E-state index in [1.165, 1.54) is 0 Å². The molecular weight excluding hydrogens is 518 g/mol. The number of carbonyl (C=O) groups is 7. The van der Waals surface area contributed by atoms with Crippen LogP contribution >= 0.6 is 0 Å². The van der Waals surface area contributed by atoms with Crippen molar-refractivity contribution < 1.29 is 72.6 Å². The van der Waals surface area contributed by atoms with Gasteiger partial charge in [0.2, 0.25) is 12.0 Å². The first kappa shape index (κ1) is 32.6. The van der Waals surface area contributed by atoms with E-state index in [-0.39, 0.29) is 71.7 Å². The van der Waals surface area contributed by atoms with Gasteiger partial charge in [-0.05, 0) is 0 Å². The number of carbonyl (C=O) groups excluding carboxylic acids is 4. The van der Waals surface area contributed by atoms with E-state index >= 15 is 0 Å². The van der Waals surface area contributed by atoms with Gasteiger partial charge in [0.05, 0.1) is 58.9 Å². The van der Waals surface area contributed by atoms with Gasteiger partial charge in [0.1, 0.15) is 18.8 Å². The van der Waals surface area contributed by atoms with Crippen molar-refractivity contribution in [2.45, 2.75) is 43.7 Å². The van der Waals surface area contributed by atoms with E-state index in [2.05, 4.69) is 5.32 Å². The number of aliphatic carboxylic acids is 3. The standard InChI is InChI=1S/C22H31NO15/c24-14-1-2-15(25)21(14)38-20(33)10-37-9-16(26)23-22(11-34-6-3-17(27)28,12-35-7-4-18(29)30)13-36-8-5-19(31)32/h21H,1-13H2,(H,23,26)(H,27,28)(H,29,30)(H,31,32). The number of rotatable bonds is 21. The summed E-state index contributed by atoms with van der Waals surface area (Å²) in [5.74, 6) is -6.34. The van der Waals surface area contributed by atoms with Gasteiger partial charge < -0.3 is 44.3 Å². The highest BCUT2D eigenvalue weighted by atomic mass is 16.6. The van der Waals surface area contributed by atoms with Crippen LogP contribution in [0, 0.1) is 0 Å². The number of Topliss-reactive ketones (excluding diaryl/α,β-unsaturated/α-hetero) is 2. The molecule has 0 heterocycles. The van der Waals surface area contributed by atoms with Crippen molar-refractivity contribution in [3.8, 4) is 0 Å². The van der Waals surface area contributed by atoms with Crippen LogP contribution in [-0.4, -0.2) is 121 Å². The Balaban J connectivity index is 2.76. The molecule has 0 aromatic carbocycles. The largest absolute Gasteiger partial charge is 0.481 e. The summed E-state index contributed by atoms with van der Waals surface area (Å²) in [6.07, 6.45) is -2.62. The molecule has 16 heteroatoms. The van der Waals surface area contributed by atoms with Gasteiger partial charge in [-0.3, -0.25) is 28.8 Å². The van der Waals surface area contributed by atoms with Crippen LogP contribution in [-0.2, 0) is 57.2 Å². The number of ether oxygens (including phenoxy) is 5. The number of esters is 1. The third kappa shape index (κ3) is 13.7. The molecule has 4 N–H and O–H groups in total. The lowest BCUT2D eigenvalue weighted by Gasteiger charge is -2.34. The lowest BCUT2D eigenvalue weighted by Crippen LogP contribution is -2.59. The van der Waals surface area contributed by atoms with Gasteiger partial charge in [-0.25, -0.2) is 4.79 Å². The fraction of sp³-hybridized carbons (Fsp3) is 0.682. The van der Waals surface area contributed by atoms with E-state index < -0.39 is 66.2 Å². The maximum Gasteiger partial charge on any atom is 0.333 e. The van der Waals surface area contributed by atoms with Crippen LogP contribution in [0.1, 0.15) is 32.1 Å². The Bertz CT molecular complexity index is 800. The number of ketones is 2. The molecule has 38 heavy (non-hydrogen) atoms. The fourth-order valence-corrected chi connectivity index (χ4v) is 3.06. The van der Waals surface area contributed by atoms with E-state index in [9.17, 15) is 33.6 Å². The molecule has 1 aliphatic carbocycles. The van der Waals surface area contributed by atoms with Crippen LogP contribution in [0.5, 0.6) is 0 Å². The molecule has 0 saturated heterocycles. The quantitative estimate of drug-likeness (QED) is 0.0700. The molecule has 1 fully saturated rings.